The van der Waals surface area contributed by atoms with Gasteiger partial charge in [-0.05, 0) is 38.9 Å². The van der Waals surface area contributed by atoms with E-state index in [0.29, 0.717) is 5.69 Å². The molecule has 0 unspecified atom stereocenters. The third-order valence-electron chi connectivity index (χ3n) is 4.02. The zero-order chi connectivity index (χ0) is 16.5. The van der Waals surface area contributed by atoms with Crippen LogP contribution in [0.15, 0.2) is 76.0 Å². The molecule has 24 heavy (non-hydrogen) atoms. The quantitative estimate of drug-likeness (QED) is 0.590. The van der Waals surface area contributed by atoms with Crippen molar-refractivity contribution in [3.63, 3.8) is 0 Å². The fourth-order valence-electron chi connectivity index (χ4n) is 2.85. The van der Waals surface area contributed by atoms with E-state index in [-0.39, 0.29) is 0 Å². The van der Waals surface area contributed by atoms with Gasteiger partial charge in [-0.15, -0.1) is 0 Å². The summed E-state index contributed by atoms with van der Waals surface area (Å²) in [6.45, 7) is 0. The molecular formula is C19H15N2O3+. The van der Waals surface area contributed by atoms with Crippen molar-refractivity contribution in [1.29, 1.82) is 0 Å². The summed E-state index contributed by atoms with van der Waals surface area (Å²) >= 11 is 0. The van der Waals surface area contributed by atoms with E-state index in [9.17, 15) is 4.79 Å². The highest BCUT2D eigenvalue weighted by Gasteiger charge is 2.26. The van der Waals surface area contributed by atoms with Crippen molar-refractivity contribution in [2.75, 3.05) is 7.11 Å². The molecule has 1 aromatic heterocycles. The number of methoxy groups -OCH3 is 1. The molecule has 0 aliphatic carbocycles. The Kier molecular flexibility index (Phi) is 3.39. The van der Waals surface area contributed by atoms with Gasteiger partial charge in [0, 0.05) is 12.1 Å². The van der Waals surface area contributed by atoms with Crippen molar-refractivity contribution >= 4 is 10.8 Å². The number of hydrogen-bond acceptors (Lipinski definition) is 3. The van der Waals surface area contributed by atoms with E-state index < -0.39 is 5.63 Å². The van der Waals surface area contributed by atoms with Crippen molar-refractivity contribution in [1.82, 2.24) is 5.27 Å². The van der Waals surface area contributed by atoms with Gasteiger partial charge < -0.3 is 4.74 Å². The molecule has 3 aromatic carbocycles. The maximum absolute atomic E-state index is 12.3. The second-order valence-electron chi connectivity index (χ2n) is 5.39. The van der Waals surface area contributed by atoms with Crippen LogP contribution in [0, 0.1) is 0 Å². The number of fused-ring (bicyclic) bond motifs is 1. The van der Waals surface area contributed by atoms with E-state index in [2.05, 4.69) is 5.27 Å². The van der Waals surface area contributed by atoms with Crippen LogP contribution in [0.1, 0.15) is 0 Å². The number of H-pyrrole nitrogens is 1. The molecule has 0 fully saturated rings. The average Bonchev–Trinajstić information content (AvgIpc) is 3.02. The van der Waals surface area contributed by atoms with Crippen molar-refractivity contribution < 1.29 is 13.9 Å². The first-order valence-electron chi connectivity index (χ1n) is 7.54. The normalized spacial score (nSPS) is 10.9. The second kappa shape index (κ2) is 5.70. The van der Waals surface area contributed by atoms with Crippen LogP contribution in [0.5, 0.6) is 5.75 Å². The number of ether oxygens (including phenoxy) is 1. The summed E-state index contributed by atoms with van der Waals surface area (Å²) in [7, 11) is 1.61. The lowest BCUT2D eigenvalue weighted by Gasteiger charge is -2.02. The number of aromatic nitrogens is 2. The van der Waals surface area contributed by atoms with E-state index in [1.807, 2.05) is 66.7 Å². The van der Waals surface area contributed by atoms with E-state index in [1.54, 1.807) is 11.8 Å². The van der Waals surface area contributed by atoms with Crippen LogP contribution in [0.4, 0.5) is 0 Å². The minimum atomic E-state index is -0.415. The van der Waals surface area contributed by atoms with Crippen LogP contribution >= 0.6 is 0 Å². The van der Waals surface area contributed by atoms with Gasteiger partial charge in [-0.3, -0.25) is 4.52 Å². The second-order valence-corrected chi connectivity index (χ2v) is 5.39. The van der Waals surface area contributed by atoms with Crippen LogP contribution in [0.3, 0.4) is 0 Å². The number of aromatic amines is 1. The standard InChI is InChI=1S/C19H14N2O3/c1-23-15-11-9-14(10-12-15)21-18(19(22)24-20-21)17-8-4-6-13-5-2-3-7-16(13)17/h2-12H,1H3/p+1. The molecule has 1 N–H and O–H groups in total. The van der Waals surface area contributed by atoms with Gasteiger partial charge in [-0.2, -0.15) is 0 Å². The highest BCUT2D eigenvalue weighted by molar-refractivity contribution is 5.95. The Hall–Kier alpha value is -3.34. The van der Waals surface area contributed by atoms with Crippen LogP contribution < -0.4 is 15.0 Å². The minimum Gasteiger partial charge on any atom is -0.497 e. The third kappa shape index (κ3) is 2.27. The fourth-order valence-corrected chi connectivity index (χ4v) is 2.85. The Bertz CT molecular complexity index is 1060. The van der Waals surface area contributed by atoms with Gasteiger partial charge in [0.25, 0.3) is 0 Å². The molecule has 0 aliphatic rings. The van der Waals surface area contributed by atoms with Gasteiger partial charge in [0.2, 0.25) is 5.69 Å². The van der Waals surface area contributed by atoms with Gasteiger partial charge in [0.1, 0.15) is 5.75 Å². The number of benzene rings is 3. The first-order chi connectivity index (χ1) is 11.8. The first kappa shape index (κ1) is 14.3. The molecule has 0 atom stereocenters. The van der Waals surface area contributed by atoms with Gasteiger partial charge in [0.15, 0.2) is 0 Å². The van der Waals surface area contributed by atoms with Crippen molar-refractivity contribution in [3.05, 3.63) is 77.2 Å². The molecule has 0 spiro atoms. The van der Waals surface area contributed by atoms with Crippen molar-refractivity contribution in [3.8, 4) is 22.7 Å². The number of nitrogens with zero attached hydrogens (tertiary/aromatic N) is 1. The summed E-state index contributed by atoms with van der Waals surface area (Å²) in [6.07, 6.45) is 0. The summed E-state index contributed by atoms with van der Waals surface area (Å²) in [5.74, 6) is 0.747. The minimum absolute atomic E-state index is 0.415. The molecule has 118 valence electrons. The summed E-state index contributed by atoms with van der Waals surface area (Å²) in [5.41, 5.74) is 1.64. The van der Waals surface area contributed by atoms with Gasteiger partial charge in [-0.1, -0.05) is 36.4 Å². The van der Waals surface area contributed by atoms with Crippen LogP contribution in [0.25, 0.3) is 27.7 Å². The highest BCUT2D eigenvalue weighted by Crippen LogP contribution is 2.25. The van der Waals surface area contributed by atoms with Crippen molar-refractivity contribution in [2.24, 2.45) is 0 Å². The topological polar surface area (TPSA) is 59.1 Å². The van der Waals surface area contributed by atoms with E-state index in [1.165, 1.54) is 0 Å². The molecule has 0 bridgehead atoms. The Morgan fingerprint density at radius 2 is 1.71 bits per heavy atom. The van der Waals surface area contributed by atoms with Gasteiger partial charge in [-0.25, -0.2) is 4.79 Å². The molecule has 5 nitrogen and oxygen atoms in total. The summed E-state index contributed by atoms with van der Waals surface area (Å²) in [6, 6.07) is 21.2. The lowest BCUT2D eigenvalue weighted by molar-refractivity contribution is -0.660. The van der Waals surface area contributed by atoms with E-state index >= 15 is 0 Å². The Morgan fingerprint density at radius 1 is 0.958 bits per heavy atom. The number of hydrogen-bond donors (Lipinski definition) is 1. The molecule has 4 aromatic rings. The zero-order valence-corrected chi connectivity index (χ0v) is 13.0. The molecule has 0 aliphatic heterocycles. The molecular weight excluding hydrogens is 304 g/mol. The Balaban J connectivity index is 1.95. The molecule has 0 saturated heterocycles. The van der Waals surface area contributed by atoms with Crippen LogP contribution in [-0.2, 0) is 0 Å². The monoisotopic (exact) mass is 319 g/mol. The maximum atomic E-state index is 12.3. The molecule has 1 heterocycles. The molecule has 0 amide bonds. The Labute approximate surface area is 137 Å². The van der Waals surface area contributed by atoms with Gasteiger partial charge >= 0.3 is 11.3 Å². The maximum Gasteiger partial charge on any atom is 0.435 e. The lowest BCUT2D eigenvalue weighted by atomic mass is 10.0. The predicted molar refractivity (Wildman–Crippen MR) is 90.4 cm³/mol. The van der Waals surface area contributed by atoms with Crippen molar-refractivity contribution in [2.45, 2.75) is 0 Å². The fraction of sp³-hybridized carbons (Fsp3) is 0.0526. The average molecular weight is 319 g/mol. The highest BCUT2D eigenvalue weighted by atomic mass is 16.5. The van der Waals surface area contributed by atoms with Crippen LogP contribution in [0.2, 0.25) is 0 Å². The smallest absolute Gasteiger partial charge is 0.435 e. The predicted octanol–water partition coefficient (Wildman–Crippen LogP) is 3.07. The van der Waals surface area contributed by atoms with Gasteiger partial charge in [0.05, 0.1) is 12.7 Å². The third-order valence-corrected chi connectivity index (χ3v) is 4.02. The SMILES string of the molecule is COc1ccc(-[n+]2[nH]oc(=O)c2-c2cccc3ccccc23)cc1. The molecule has 0 radical (unpaired) electrons. The number of rotatable bonds is 3. The number of nitrogens with one attached hydrogen (secondary N) is 1. The Morgan fingerprint density at radius 3 is 2.50 bits per heavy atom. The summed E-state index contributed by atoms with van der Waals surface area (Å²) < 4.78 is 11.9. The molecule has 4 rings (SSSR count). The largest absolute Gasteiger partial charge is 0.497 e. The van der Waals surface area contributed by atoms with Crippen LogP contribution in [-0.4, -0.2) is 12.4 Å². The molecule has 0 saturated carbocycles. The lowest BCUT2D eigenvalue weighted by Crippen LogP contribution is -2.36. The summed E-state index contributed by atoms with van der Waals surface area (Å²) in [5, 5.41) is 4.74. The zero-order valence-electron chi connectivity index (χ0n) is 13.0. The first-order valence-corrected chi connectivity index (χ1v) is 7.54. The molecule has 5 heteroatoms. The van der Waals surface area contributed by atoms with E-state index in [4.69, 9.17) is 9.26 Å². The van der Waals surface area contributed by atoms with E-state index in [0.717, 1.165) is 27.8 Å². The summed E-state index contributed by atoms with van der Waals surface area (Å²) in [4.78, 5) is 12.3.